The van der Waals surface area contributed by atoms with Gasteiger partial charge >= 0.3 is 17.1 Å². The fourth-order valence-corrected chi connectivity index (χ4v) is 20.0. The molecular formula is C105H111F6N17O7. The van der Waals surface area contributed by atoms with Gasteiger partial charge in [-0.25, -0.2) is 69.4 Å². The van der Waals surface area contributed by atoms with Crippen LogP contribution < -0.4 is 41.6 Å². The number of aryl methyl sites for hydroxylation is 3. The monoisotopic (exact) mass is 1840 g/mol. The van der Waals surface area contributed by atoms with Crippen molar-refractivity contribution in [1.82, 2.24) is 58.3 Å². The Morgan fingerprint density at radius 2 is 0.681 bits per heavy atom. The summed E-state index contributed by atoms with van der Waals surface area (Å²) < 4.78 is 100.0. The summed E-state index contributed by atoms with van der Waals surface area (Å²) in [4.78, 5) is 136. The number of benzene rings is 6. The summed E-state index contributed by atoms with van der Waals surface area (Å²) in [6, 6.07) is 34.8. The number of fused-ring (bicyclic) bond motifs is 15. The minimum atomic E-state index is -0.808. The number of para-hydroxylation sites is 3. The van der Waals surface area contributed by atoms with Gasteiger partial charge in [-0.2, -0.15) is 15.0 Å². The Balaban J connectivity index is 0.000000147. The molecule has 0 aliphatic carbocycles. The van der Waals surface area contributed by atoms with Gasteiger partial charge in [0.2, 0.25) is 17.7 Å². The molecule has 3 fully saturated rings. The number of amides is 3. The number of carbonyl (C=O) groups is 4. The maximum Gasteiger partial charge on any atom is 0.355 e. The third-order valence-electron chi connectivity index (χ3n) is 26.9. The lowest BCUT2D eigenvalue weighted by atomic mass is 9.94. The van der Waals surface area contributed by atoms with E-state index in [9.17, 15) is 33.6 Å². The highest BCUT2D eigenvalue weighted by molar-refractivity contribution is 5.96. The molecular weight excluding hydrogens is 1730 g/mol. The van der Waals surface area contributed by atoms with E-state index >= 15 is 26.3 Å². The number of piperazine rings is 3. The van der Waals surface area contributed by atoms with Crippen LogP contribution in [0.1, 0.15) is 158 Å². The Morgan fingerprint density at radius 3 is 1.05 bits per heavy atom. The molecule has 30 heteroatoms. The van der Waals surface area contributed by atoms with Crippen molar-refractivity contribution < 1.29 is 45.5 Å². The van der Waals surface area contributed by atoms with Crippen LogP contribution in [0, 0.1) is 34.9 Å². The van der Waals surface area contributed by atoms with Gasteiger partial charge in [0.05, 0.1) is 44.6 Å². The molecule has 24 nitrogen and oxygen atoms in total. The van der Waals surface area contributed by atoms with Crippen LogP contribution in [0.3, 0.4) is 0 Å². The van der Waals surface area contributed by atoms with Crippen molar-refractivity contribution in [2.45, 2.75) is 162 Å². The fraction of sp³-hybridized carbons (Fsp3) is 0.362. The SMILES string of the molecule is C=CC(=O)N1CCN(c2nc(=O)n3c4nc(c(F)cc24)-c2c(F)cccc2CC(=O)CCN(C)c2cccc(C(C)C)c2-3)[C@@H](C)C1.C=CC(=O)N1CCN(c2nc(=O)n3c4nc(c(F)cc24)-c2c(F)cccc2CCCCCc2cccc(C(C)C)c2-3)[C@@H](C)C1.C=CC(=O)N1CCN(c2nc(=O)n3c4nc(c(F)cc24)-c2c(F)cccc2CCCCN(C)c2cccc(C(C)C)c2-3)[C@@H](C)C1. The number of halogens is 6. The van der Waals surface area contributed by atoms with Crippen LogP contribution in [0.4, 0.5) is 55.2 Å². The van der Waals surface area contributed by atoms with Gasteiger partial charge in [-0.3, -0.25) is 19.2 Å². The molecule has 0 spiro atoms. The zero-order valence-electron chi connectivity index (χ0n) is 78.0. The van der Waals surface area contributed by atoms with Gasteiger partial charge in [0.1, 0.15) is 75.2 Å². The van der Waals surface area contributed by atoms with Crippen molar-refractivity contribution in [3.05, 3.63) is 271 Å². The van der Waals surface area contributed by atoms with Crippen molar-refractivity contribution >= 4 is 85.4 Å². The highest BCUT2D eigenvalue weighted by atomic mass is 19.1. The molecule has 700 valence electrons. The van der Waals surface area contributed by atoms with Crippen molar-refractivity contribution in [2.24, 2.45) is 0 Å². The maximum atomic E-state index is 16.3. The molecule has 3 saturated heterocycles. The smallest absolute Gasteiger partial charge is 0.355 e. The Kier molecular flexibility index (Phi) is 27.5. The first kappa shape index (κ1) is 94.3. The van der Waals surface area contributed by atoms with E-state index < -0.39 is 52.0 Å². The normalized spacial score (nSPS) is 17.0. The predicted octanol–water partition coefficient (Wildman–Crippen LogP) is 17.2. The number of ketones is 1. The highest BCUT2D eigenvalue weighted by Crippen LogP contribution is 2.44. The number of rotatable bonds is 9. The largest absolute Gasteiger partial charge is 0.373 e. The number of aromatic nitrogens is 9. The van der Waals surface area contributed by atoms with Gasteiger partial charge in [0, 0.05) is 134 Å². The molecule has 18 rings (SSSR count). The zero-order valence-corrected chi connectivity index (χ0v) is 78.0. The van der Waals surface area contributed by atoms with E-state index in [0.717, 1.165) is 66.5 Å². The Morgan fingerprint density at radius 1 is 0.363 bits per heavy atom. The third-order valence-corrected chi connectivity index (χ3v) is 26.9. The Labute approximate surface area is 779 Å². The van der Waals surface area contributed by atoms with Gasteiger partial charge in [0.15, 0.2) is 16.9 Å². The topological polar surface area (TPSA) is 238 Å². The molecule has 6 aromatic heterocycles. The molecule has 0 saturated carbocycles. The summed E-state index contributed by atoms with van der Waals surface area (Å²) in [6.45, 7) is 33.2. The van der Waals surface area contributed by atoms with Crippen molar-refractivity contribution in [3.8, 4) is 50.8 Å². The van der Waals surface area contributed by atoms with E-state index in [1.54, 1.807) is 32.9 Å². The number of pyridine rings is 3. The summed E-state index contributed by atoms with van der Waals surface area (Å²) in [5, 5.41) is 0.969. The van der Waals surface area contributed by atoms with Crippen molar-refractivity contribution in [2.75, 3.05) is 111 Å². The van der Waals surface area contributed by atoms with E-state index in [0.29, 0.717) is 141 Å². The number of Topliss-reactive ketones (excluding diaryl/α,β-unsaturated/α-hetero) is 1. The summed E-state index contributed by atoms with van der Waals surface area (Å²) in [5.74, 6) is -3.77. The third kappa shape index (κ3) is 18.2. The minimum Gasteiger partial charge on any atom is -0.373 e. The van der Waals surface area contributed by atoms with E-state index in [2.05, 4.69) is 67.3 Å². The van der Waals surface area contributed by atoms with Crippen LogP contribution in [-0.2, 0) is 44.9 Å². The lowest BCUT2D eigenvalue weighted by molar-refractivity contribution is -0.127. The second kappa shape index (κ2) is 39.3. The molecule has 0 radical (unpaired) electrons. The lowest BCUT2D eigenvalue weighted by Gasteiger charge is -2.40. The quantitative estimate of drug-likeness (QED) is 0.0964. The van der Waals surface area contributed by atoms with Gasteiger partial charge < -0.3 is 39.2 Å². The fourth-order valence-electron chi connectivity index (χ4n) is 20.0. The number of carbonyl (C=O) groups excluding carboxylic acids is 4. The summed E-state index contributed by atoms with van der Waals surface area (Å²) >= 11 is 0. The maximum absolute atomic E-state index is 16.3. The summed E-state index contributed by atoms with van der Waals surface area (Å²) in [7, 11) is 3.85. The van der Waals surface area contributed by atoms with Crippen molar-refractivity contribution in [1.29, 1.82) is 0 Å². The molecule has 12 aromatic rings. The predicted molar refractivity (Wildman–Crippen MR) is 519 cm³/mol. The number of hydrogen-bond acceptors (Lipinski definition) is 18. The molecule has 0 N–H and O–H groups in total. The average Bonchev–Trinajstić information content (AvgIpc) is 1.25. The minimum absolute atomic E-state index is 0.0316. The van der Waals surface area contributed by atoms with Gasteiger partial charge in [-0.15, -0.1) is 0 Å². The molecule has 3 amide bonds. The Bertz CT molecular complexity index is 6950. The molecule has 6 aliphatic heterocycles. The van der Waals surface area contributed by atoms with E-state index in [-0.39, 0.29) is 140 Å². The van der Waals surface area contributed by atoms with Crippen LogP contribution in [0.2, 0.25) is 0 Å². The summed E-state index contributed by atoms with van der Waals surface area (Å²) in [6.07, 6.45) is 9.95. The van der Waals surface area contributed by atoms with E-state index in [1.807, 2.05) is 135 Å². The number of hydrogen-bond donors (Lipinski definition) is 0. The second-order valence-electron chi connectivity index (χ2n) is 36.7. The van der Waals surface area contributed by atoms with E-state index in [1.165, 1.54) is 74.4 Å². The van der Waals surface area contributed by atoms with Crippen LogP contribution in [0.15, 0.2) is 180 Å². The molecule has 6 aromatic carbocycles. The standard InChI is InChI=1S/C35H36F2N6O3.C35H38F2N6O2.C35H37F2N5O2/c1-6-29(45)41-15-16-42(21(4)19-41)33-25-18-27(37)31-30-22(9-7-11-26(30)36)17-23(44)13-14-40(5)28-12-8-10-24(20(2)3)32(28)43(34(25)38-31)35(46)39-33;1-6-29(44)41-17-18-42(22(4)20-41)33-25-19-27(37)31-30-23(12-9-14-26(30)36)11-7-8-16-40(5)28-15-10-13-24(21(2)3)32(28)43(34(25)38-31)35(45)39-33;1-5-29(43)40-17-18-41(22(4)20-40)33-26-19-28(37)31-30-23(13-10-16-27(30)36)11-7-6-8-12-24-14-9-15-25(21(2)3)32(24)42(34(26)38-31)35(44)39-33/h6-12,18,20-21H,1,13-17,19H2,2-5H3;6,9-10,12-15,19,21-22H,1,7-8,11,16-18,20H2,2-5H3;5,9-10,13-16,19,21-22H,1,6-8,11-12,17-18,20H2,2-4H3/t21-;2*22-/m000/s1. The van der Waals surface area contributed by atoms with Crippen molar-refractivity contribution in [3.63, 3.8) is 0 Å². The molecule has 135 heavy (non-hydrogen) atoms. The first-order valence-electron chi connectivity index (χ1n) is 46.4. The number of anilines is 5. The van der Waals surface area contributed by atoms with Crippen LogP contribution >= 0.6 is 0 Å². The average molecular weight is 1840 g/mol. The zero-order chi connectivity index (χ0) is 96.0. The molecule has 0 unspecified atom stereocenters. The first-order valence-corrected chi connectivity index (χ1v) is 46.4. The Hall–Kier alpha value is -13.9. The number of nitrogens with zero attached hydrogens (tertiary/aromatic N) is 17. The molecule has 6 bridgehead atoms. The van der Waals surface area contributed by atoms with Crippen LogP contribution in [0.5, 0.6) is 0 Å². The second-order valence-corrected chi connectivity index (χ2v) is 36.7. The lowest BCUT2D eigenvalue weighted by Crippen LogP contribution is -2.54. The molecule has 6 aliphatic rings. The first-order chi connectivity index (χ1) is 64.8. The van der Waals surface area contributed by atoms with Gasteiger partial charge in [0.25, 0.3) is 0 Å². The highest BCUT2D eigenvalue weighted by Gasteiger charge is 2.38. The molecule has 12 heterocycles. The summed E-state index contributed by atoms with van der Waals surface area (Å²) in [5.41, 5.74) is 7.17. The van der Waals surface area contributed by atoms with Crippen LogP contribution in [-0.4, -0.2) is 186 Å². The van der Waals surface area contributed by atoms with Gasteiger partial charge in [-0.1, -0.05) is 147 Å². The van der Waals surface area contributed by atoms with Gasteiger partial charge in [-0.05, 0) is 189 Å². The molecule has 3 atom stereocenters. The van der Waals surface area contributed by atoms with E-state index in [4.69, 9.17) is 15.0 Å². The van der Waals surface area contributed by atoms with Crippen LogP contribution in [0.25, 0.3) is 83.9 Å².